The van der Waals surface area contributed by atoms with Gasteiger partial charge in [-0.2, -0.15) is 0 Å². The fraction of sp³-hybridized carbons (Fsp3) is 0.947. The molecule has 2 bridgehead atoms. The van der Waals surface area contributed by atoms with Gasteiger partial charge in [-0.25, -0.2) is 0 Å². The lowest BCUT2D eigenvalue weighted by Crippen LogP contribution is -2.62. The Hall–Kier alpha value is -0.120. The summed E-state index contributed by atoms with van der Waals surface area (Å²) in [6, 6.07) is 1.17. The van der Waals surface area contributed by atoms with Crippen molar-refractivity contribution < 1.29 is 0 Å². The lowest BCUT2D eigenvalue weighted by atomic mass is 10.0. The Labute approximate surface area is 177 Å². The molecule has 2 N–H and O–H groups in total. The average molecular weight is 478 g/mol. The maximum absolute atomic E-state index is 4.93. The molecule has 0 radical (unpaired) electrons. The number of nitrogens with one attached hydrogen (secondary N) is 2. The molecule has 4 saturated heterocycles. The highest BCUT2D eigenvalue weighted by Crippen LogP contribution is 2.16. The van der Waals surface area contributed by atoms with Crippen LogP contribution in [-0.4, -0.2) is 98.2 Å². The molecule has 4 rings (SSSR count). The number of fused-ring (bicyclic) bond motifs is 3. The molecule has 0 saturated carbocycles. The van der Waals surface area contributed by atoms with Gasteiger partial charge in [0, 0.05) is 71.0 Å². The third-order valence-electron chi connectivity index (χ3n) is 5.75. The highest BCUT2D eigenvalue weighted by atomic mass is 127. The number of hydrogen-bond donors (Lipinski definition) is 2. The molecule has 152 valence electrons. The van der Waals surface area contributed by atoms with Crippen LogP contribution in [0.15, 0.2) is 4.99 Å². The van der Waals surface area contributed by atoms with Gasteiger partial charge in [0.2, 0.25) is 0 Å². The molecule has 7 heteroatoms. The largest absolute Gasteiger partial charge is 0.357 e. The van der Waals surface area contributed by atoms with E-state index in [9.17, 15) is 0 Å². The number of halogens is 1. The smallest absolute Gasteiger partial charge is 0.191 e. The van der Waals surface area contributed by atoms with Gasteiger partial charge >= 0.3 is 0 Å². The SMILES string of the molecule is CCNC(=NCC1CN2CCN1CC2)NC1CCN(CC(C)C)CC1.I. The second-order valence-corrected chi connectivity index (χ2v) is 8.32. The van der Waals surface area contributed by atoms with Crippen LogP contribution in [0.1, 0.15) is 33.6 Å². The van der Waals surface area contributed by atoms with E-state index in [4.69, 9.17) is 4.99 Å². The first-order valence-electron chi connectivity index (χ1n) is 10.4. The van der Waals surface area contributed by atoms with Gasteiger partial charge in [-0.3, -0.25) is 14.8 Å². The molecule has 26 heavy (non-hydrogen) atoms. The minimum Gasteiger partial charge on any atom is -0.357 e. The zero-order valence-corrected chi connectivity index (χ0v) is 19.2. The highest BCUT2D eigenvalue weighted by molar-refractivity contribution is 14.0. The molecule has 0 aromatic rings. The molecule has 4 fully saturated rings. The van der Waals surface area contributed by atoms with Gasteiger partial charge in [-0.05, 0) is 25.7 Å². The molecular weight excluding hydrogens is 439 g/mol. The van der Waals surface area contributed by atoms with Gasteiger partial charge < -0.3 is 15.5 Å². The molecule has 1 unspecified atom stereocenters. The monoisotopic (exact) mass is 478 g/mol. The minimum atomic E-state index is 0. The molecule has 0 aromatic heterocycles. The second-order valence-electron chi connectivity index (χ2n) is 8.32. The fourth-order valence-corrected chi connectivity index (χ4v) is 4.38. The van der Waals surface area contributed by atoms with Crippen LogP contribution >= 0.6 is 24.0 Å². The topological polar surface area (TPSA) is 46.1 Å². The predicted molar refractivity (Wildman–Crippen MR) is 121 cm³/mol. The van der Waals surface area contributed by atoms with E-state index in [1.54, 1.807) is 0 Å². The summed E-state index contributed by atoms with van der Waals surface area (Å²) in [7, 11) is 0. The van der Waals surface area contributed by atoms with Crippen molar-refractivity contribution in [2.75, 3.05) is 65.4 Å². The van der Waals surface area contributed by atoms with E-state index in [0.29, 0.717) is 12.1 Å². The van der Waals surface area contributed by atoms with Crippen molar-refractivity contribution in [1.29, 1.82) is 0 Å². The van der Waals surface area contributed by atoms with Gasteiger partial charge in [0.1, 0.15) is 0 Å². The Bertz CT molecular complexity index is 428. The molecule has 1 atom stereocenters. The lowest BCUT2D eigenvalue weighted by molar-refractivity contribution is 0.0174. The molecule has 0 aliphatic carbocycles. The van der Waals surface area contributed by atoms with Gasteiger partial charge in [0.15, 0.2) is 5.96 Å². The van der Waals surface area contributed by atoms with Crippen LogP contribution in [0.4, 0.5) is 0 Å². The number of nitrogens with zero attached hydrogens (tertiary/aromatic N) is 4. The summed E-state index contributed by atoms with van der Waals surface area (Å²) in [5, 5.41) is 7.14. The number of hydrogen-bond acceptors (Lipinski definition) is 4. The third-order valence-corrected chi connectivity index (χ3v) is 5.75. The van der Waals surface area contributed by atoms with Crippen molar-refractivity contribution in [3.63, 3.8) is 0 Å². The fourth-order valence-electron chi connectivity index (χ4n) is 4.38. The summed E-state index contributed by atoms with van der Waals surface area (Å²) in [6.45, 7) is 18.4. The summed E-state index contributed by atoms with van der Waals surface area (Å²) in [5.41, 5.74) is 0. The van der Waals surface area contributed by atoms with Crippen LogP contribution in [0.2, 0.25) is 0 Å². The molecule has 0 amide bonds. The van der Waals surface area contributed by atoms with Crippen LogP contribution in [0.25, 0.3) is 0 Å². The van der Waals surface area contributed by atoms with E-state index in [1.165, 1.54) is 65.2 Å². The zero-order valence-electron chi connectivity index (χ0n) is 16.9. The Balaban J connectivity index is 0.00000243. The normalized spacial score (nSPS) is 30.3. The Kier molecular flexibility index (Phi) is 9.40. The van der Waals surface area contributed by atoms with Gasteiger partial charge in [-0.1, -0.05) is 13.8 Å². The van der Waals surface area contributed by atoms with Crippen LogP contribution < -0.4 is 10.6 Å². The van der Waals surface area contributed by atoms with Crippen molar-refractivity contribution >= 4 is 29.9 Å². The molecule has 6 nitrogen and oxygen atoms in total. The van der Waals surface area contributed by atoms with E-state index in [-0.39, 0.29) is 24.0 Å². The van der Waals surface area contributed by atoms with Gasteiger partial charge in [0.05, 0.1) is 6.54 Å². The quantitative estimate of drug-likeness (QED) is 0.342. The maximum Gasteiger partial charge on any atom is 0.191 e. The van der Waals surface area contributed by atoms with E-state index in [1.807, 2.05) is 0 Å². The Morgan fingerprint density at radius 1 is 1.08 bits per heavy atom. The van der Waals surface area contributed by atoms with Gasteiger partial charge in [0.25, 0.3) is 0 Å². The first-order valence-corrected chi connectivity index (χ1v) is 10.4. The second kappa shape index (κ2) is 11.0. The summed E-state index contributed by atoms with van der Waals surface area (Å²) in [4.78, 5) is 12.7. The van der Waals surface area contributed by atoms with E-state index in [0.717, 1.165) is 25.0 Å². The molecule has 0 aromatic carbocycles. The summed E-state index contributed by atoms with van der Waals surface area (Å²) in [6.07, 6.45) is 2.45. The first-order chi connectivity index (χ1) is 12.1. The average Bonchev–Trinajstić information content (AvgIpc) is 2.62. The van der Waals surface area contributed by atoms with E-state index < -0.39 is 0 Å². The molecule has 0 spiro atoms. The van der Waals surface area contributed by atoms with Crippen LogP contribution in [0.5, 0.6) is 0 Å². The highest BCUT2D eigenvalue weighted by Gasteiger charge is 2.31. The summed E-state index contributed by atoms with van der Waals surface area (Å²) in [5.74, 6) is 1.78. The number of piperidine rings is 1. The minimum absolute atomic E-state index is 0. The summed E-state index contributed by atoms with van der Waals surface area (Å²) < 4.78 is 0. The Morgan fingerprint density at radius 3 is 2.31 bits per heavy atom. The number of piperazine rings is 3. The number of rotatable bonds is 6. The van der Waals surface area contributed by atoms with Crippen molar-refractivity contribution in [3.05, 3.63) is 0 Å². The van der Waals surface area contributed by atoms with Crippen LogP contribution in [-0.2, 0) is 0 Å². The number of guanidine groups is 1. The van der Waals surface area contributed by atoms with Crippen molar-refractivity contribution in [2.45, 2.75) is 45.7 Å². The standard InChI is InChI=1S/C19H38N6.HI/c1-4-20-19(21-13-18-15-24-9-11-25(18)12-10-24)22-17-5-7-23(8-6-17)14-16(2)3;/h16-18H,4-15H2,1-3H3,(H2,20,21,22);1H. The van der Waals surface area contributed by atoms with Crippen LogP contribution in [0, 0.1) is 5.92 Å². The van der Waals surface area contributed by atoms with Gasteiger partial charge in [-0.15, -0.1) is 24.0 Å². The molecular formula is C19H39IN6. The lowest BCUT2D eigenvalue weighted by Gasteiger charge is -2.47. The number of likely N-dealkylation sites (tertiary alicyclic amines) is 1. The van der Waals surface area contributed by atoms with E-state index in [2.05, 4.69) is 46.1 Å². The first kappa shape index (κ1) is 22.2. The molecule has 4 aliphatic heterocycles. The van der Waals surface area contributed by atoms with E-state index >= 15 is 0 Å². The maximum atomic E-state index is 4.93. The zero-order chi connectivity index (χ0) is 17.6. The van der Waals surface area contributed by atoms with Crippen LogP contribution in [0.3, 0.4) is 0 Å². The van der Waals surface area contributed by atoms with Crippen molar-refractivity contribution in [3.8, 4) is 0 Å². The predicted octanol–water partition coefficient (Wildman–Crippen LogP) is 1.28. The number of aliphatic imine (C=N–C) groups is 1. The molecule has 4 aliphatic rings. The summed E-state index contributed by atoms with van der Waals surface area (Å²) >= 11 is 0. The van der Waals surface area contributed by atoms with Crippen molar-refractivity contribution in [2.24, 2.45) is 10.9 Å². The third kappa shape index (κ3) is 6.49. The Morgan fingerprint density at radius 2 is 1.77 bits per heavy atom. The van der Waals surface area contributed by atoms with Crippen molar-refractivity contribution in [1.82, 2.24) is 25.3 Å². The molecule has 4 heterocycles.